The minimum Gasteiger partial charge on any atom is -0.366 e. The van der Waals surface area contributed by atoms with E-state index in [0.29, 0.717) is 22.5 Å². The highest BCUT2D eigenvalue weighted by atomic mass is 16.1. The minimum absolute atomic E-state index is 0.109. The van der Waals surface area contributed by atoms with Gasteiger partial charge in [0.25, 0.3) is 5.91 Å². The van der Waals surface area contributed by atoms with Crippen LogP contribution in [0.1, 0.15) is 41.5 Å². The van der Waals surface area contributed by atoms with Gasteiger partial charge in [0.1, 0.15) is 5.69 Å². The Labute approximate surface area is 105 Å². The van der Waals surface area contributed by atoms with Gasteiger partial charge in [-0.2, -0.15) is 15.4 Å². The summed E-state index contributed by atoms with van der Waals surface area (Å²) in [7, 11) is 0. The number of nitrogens with two attached hydrogens (primary N) is 1. The van der Waals surface area contributed by atoms with Gasteiger partial charge in [-0.15, -0.1) is 0 Å². The highest BCUT2D eigenvalue weighted by molar-refractivity contribution is 6.00. The third-order valence-corrected chi connectivity index (χ3v) is 2.66. The van der Waals surface area contributed by atoms with Crippen LogP contribution in [0, 0.1) is 6.92 Å². The summed E-state index contributed by atoms with van der Waals surface area (Å²) in [5, 5.41) is 10.3. The number of primary amides is 1. The lowest BCUT2D eigenvalue weighted by atomic mass is 9.96. The van der Waals surface area contributed by atoms with E-state index in [2.05, 4.69) is 20.4 Å². The number of aromatic nitrogens is 4. The molecular weight excluding hydrogens is 230 g/mol. The first-order valence-electron chi connectivity index (χ1n) is 5.68. The summed E-state index contributed by atoms with van der Waals surface area (Å²) in [5.74, 6) is -0.387. The van der Waals surface area contributed by atoms with Crippen LogP contribution in [0.3, 0.4) is 0 Å². The van der Waals surface area contributed by atoms with Gasteiger partial charge in [-0.05, 0) is 18.9 Å². The number of pyridine rings is 1. The number of H-pyrrole nitrogens is 1. The summed E-state index contributed by atoms with van der Waals surface area (Å²) in [6.07, 6.45) is 1.56. The fraction of sp³-hybridized carbons (Fsp3) is 0.333. The predicted molar refractivity (Wildman–Crippen MR) is 67.0 cm³/mol. The van der Waals surface area contributed by atoms with Gasteiger partial charge in [0, 0.05) is 11.3 Å². The van der Waals surface area contributed by atoms with E-state index in [1.807, 2.05) is 20.8 Å². The molecule has 0 spiro atoms. The van der Waals surface area contributed by atoms with Gasteiger partial charge in [-0.25, -0.2) is 0 Å². The summed E-state index contributed by atoms with van der Waals surface area (Å²) in [6, 6.07) is 1.80. The Hall–Kier alpha value is -2.24. The summed E-state index contributed by atoms with van der Waals surface area (Å²) in [6.45, 7) is 5.82. The number of aromatic amines is 1. The molecule has 0 aliphatic heterocycles. The van der Waals surface area contributed by atoms with Crippen LogP contribution in [-0.4, -0.2) is 26.3 Å². The normalized spacial score (nSPS) is 10.9. The summed E-state index contributed by atoms with van der Waals surface area (Å²) >= 11 is 0. The van der Waals surface area contributed by atoms with E-state index in [1.54, 1.807) is 12.3 Å². The molecule has 0 aliphatic rings. The summed E-state index contributed by atoms with van der Waals surface area (Å²) < 4.78 is 0. The molecule has 0 fully saturated rings. The molecule has 18 heavy (non-hydrogen) atoms. The van der Waals surface area contributed by atoms with E-state index >= 15 is 0 Å². The van der Waals surface area contributed by atoms with Crippen molar-refractivity contribution in [2.75, 3.05) is 0 Å². The minimum atomic E-state index is -0.496. The molecule has 0 atom stereocenters. The average molecular weight is 245 g/mol. The van der Waals surface area contributed by atoms with Crippen LogP contribution in [0.5, 0.6) is 0 Å². The van der Waals surface area contributed by atoms with Crippen molar-refractivity contribution in [3.8, 4) is 11.3 Å². The van der Waals surface area contributed by atoms with Gasteiger partial charge in [-0.1, -0.05) is 13.8 Å². The molecule has 0 radical (unpaired) electrons. The Morgan fingerprint density at radius 1 is 1.44 bits per heavy atom. The maximum atomic E-state index is 11.7. The number of hydrogen-bond acceptors (Lipinski definition) is 4. The molecule has 1 amide bonds. The zero-order valence-corrected chi connectivity index (χ0v) is 10.6. The number of carbonyl (C=O) groups excluding carboxylic acids is 1. The smallest absolute Gasteiger partial charge is 0.251 e. The first-order valence-corrected chi connectivity index (χ1v) is 5.68. The van der Waals surface area contributed by atoms with Crippen molar-refractivity contribution in [3.63, 3.8) is 0 Å². The lowest BCUT2D eigenvalue weighted by Crippen LogP contribution is -2.18. The largest absolute Gasteiger partial charge is 0.366 e. The van der Waals surface area contributed by atoms with E-state index in [4.69, 9.17) is 5.73 Å². The molecule has 2 rings (SSSR count). The lowest BCUT2D eigenvalue weighted by molar-refractivity contribution is 0.0999. The molecule has 2 aromatic rings. The van der Waals surface area contributed by atoms with Crippen LogP contribution in [0.25, 0.3) is 11.3 Å². The maximum Gasteiger partial charge on any atom is 0.251 e. The molecular formula is C12H15N5O. The molecule has 0 saturated heterocycles. The Kier molecular flexibility index (Phi) is 3.10. The number of nitrogens with one attached hydrogen (secondary N) is 1. The Bertz CT molecular complexity index is 574. The number of nitrogens with zero attached hydrogens (tertiary/aromatic N) is 3. The van der Waals surface area contributed by atoms with Crippen molar-refractivity contribution >= 4 is 5.91 Å². The van der Waals surface area contributed by atoms with Gasteiger partial charge in [0.05, 0.1) is 17.5 Å². The topological polar surface area (TPSA) is 97.5 Å². The maximum absolute atomic E-state index is 11.7. The molecule has 0 unspecified atom stereocenters. The second-order valence-corrected chi connectivity index (χ2v) is 4.45. The number of carbonyl (C=O) groups is 1. The second kappa shape index (κ2) is 4.56. The Morgan fingerprint density at radius 2 is 2.17 bits per heavy atom. The Morgan fingerprint density at radius 3 is 2.67 bits per heavy atom. The number of hydrogen-bond donors (Lipinski definition) is 2. The molecule has 0 aromatic carbocycles. The van der Waals surface area contributed by atoms with Gasteiger partial charge in [-0.3, -0.25) is 9.78 Å². The zero-order chi connectivity index (χ0) is 13.3. The van der Waals surface area contributed by atoms with Crippen molar-refractivity contribution in [1.29, 1.82) is 0 Å². The van der Waals surface area contributed by atoms with Crippen molar-refractivity contribution < 1.29 is 4.79 Å². The third kappa shape index (κ3) is 2.09. The summed E-state index contributed by atoms with van der Waals surface area (Å²) in [5.41, 5.74) is 8.68. The van der Waals surface area contributed by atoms with Crippen molar-refractivity contribution in [3.05, 3.63) is 29.2 Å². The molecule has 94 valence electrons. The Balaban J connectivity index is 2.75. The molecule has 0 bridgehead atoms. The van der Waals surface area contributed by atoms with Crippen LogP contribution < -0.4 is 5.73 Å². The molecule has 6 nitrogen and oxygen atoms in total. The van der Waals surface area contributed by atoms with E-state index in [1.165, 1.54) is 0 Å². The van der Waals surface area contributed by atoms with Crippen LogP contribution in [0.2, 0.25) is 0 Å². The van der Waals surface area contributed by atoms with Crippen molar-refractivity contribution in [1.82, 2.24) is 20.4 Å². The predicted octanol–water partition coefficient (Wildman–Crippen LogP) is 1.40. The highest BCUT2D eigenvalue weighted by Crippen LogP contribution is 2.27. The van der Waals surface area contributed by atoms with Gasteiger partial charge >= 0.3 is 0 Å². The monoisotopic (exact) mass is 245 g/mol. The van der Waals surface area contributed by atoms with Crippen molar-refractivity contribution in [2.45, 2.75) is 26.7 Å². The van der Waals surface area contributed by atoms with Crippen LogP contribution in [0.4, 0.5) is 0 Å². The van der Waals surface area contributed by atoms with Gasteiger partial charge in [0.15, 0.2) is 0 Å². The van der Waals surface area contributed by atoms with E-state index < -0.39 is 5.91 Å². The van der Waals surface area contributed by atoms with E-state index in [0.717, 1.165) is 5.69 Å². The van der Waals surface area contributed by atoms with Crippen LogP contribution >= 0.6 is 0 Å². The highest BCUT2D eigenvalue weighted by Gasteiger charge is 2.20. The molecule has 0 saturated carbocycles. The molecule has 2 aromatic heterocycles. The fourth-order valence-electron chi connectivity index (χ4n) is 1.91. The number of amides is 1. The molecule has 6 heteroatoms. The lowest BCUT2D eigenvalue weighted by Gasteiger charge is -2.13. The fourth-order valence-corrected chi connectivity index (χ4v) is 1.91. The van der Waals surface area contributed by atoms with Gasteiger partial charge in [0.2, 0.25) is 0 Å². The van der Waals surface area contributed by atoms with E-state index in [-0.39, 0.29) is 5.92 Å². The van der Waals surface area contributed by atoms with Gasteiger partial charge < -0.3 is 5.73 Å². The summed E-state index contributed by atoms with van der Waals surface area (Å²) in [4.78, 5) is 16.1. The van der Waals surface area contributed by atoms with Crippen LogP contribution in [-0.2, 0) is 0 Å². The quantitative estimate of drug-likeness (QED) is 0.853. The van der Waals surface area contributed by atoms with Crippen LogP contribution in [0.15, 0.2) is 12.3 Å². The molecule has 3 N–H and O–H groups in total. The first kappa shape index (κ1) is 12.2. The zero-order valence-electron chi connectivity index (χ0n) is 10.6. The molecule has 2 heterocycles. The first-order chi connectivity index (χ1) is 8.50. The second-order valence-electron chi connectivity index (χ2n) is 4.45. The number of rotatable bonds is 3. The average Bonchev–Trinajstić information content (AvgIpc) is 2.80. The number of aryl methyl sites for hydroxylation is 1. The van der Waals surface area contributed by atoms with Crippen molar-refractivity contribution in [2.24, 2.45) is 5.73 Å². The van der Waals surface area contributed by atoms with E-state index in [9.17, 15) is 4.79 Å². The molecule has 0 aliphatic carbocycles. The third-order valence-electron chi connectivity index (χ3n) is 2.66. The SMILES string of the molecule is Cc1cc(-c2cn[nH]n2)c(C(N)=O)c(C(C)C)n1. The standard InChI is InChI=1S/C12H15N5O/c1-6(2)11-10(12(13)18)8(4-7(3)15-11)9-5-14-17-16-9/h4-6H,1-3H3,(H2,13,18)(H,14,16,17).